The molecule has 0 aliphatic carbocycles. The van der Waals surface area contributed by atoms with Gasteiger partial charge < -0.3 is 14.4 Å². The zero-order chi connectivity index (χ0) is 30.0. The number of ether oxygens (including phenoxy) is 2. The molecule has 0 N–H and O–H groups in total. The molecule has 2 saturated heterocycles. The fourth-order valence-corrected chi connectivity index (χ4v) is 6.17. The zero-order valence-corrected chi connectivity index (χ0v) is 24.8. The van der Waals surface area contributed by atoms with Crippen LogP contribution in [0.2, 0.25) is 0 Å². The number of aromatic nitrogens is 3. The van der Waals surface area contributed by atoms with Crippen molar-refractivity contribution in [1.82, 2.24) is 29.7 Å². The number of piperidine rings is 1. The van der Waals surface area contributed by atoms with Crippen molar-refractivity contribution in [2.45, 2.75) is 31.5 Å². The molecule has 0 unspecified atom stereocenters. The average molecular weight is 581 g/mol. The number of likely N-dealkylation sites (tertiary alicyclic amines) is 1. The number of hydrogen-bond acceptors (Lipinski definition) is 7. The molecule has 3 heterocycles. The molecule has 222 valence electrons. The Bertz CT molecular complexity index is 1640. The molecule has 1 spiro atoms. The first-order valence-electron chi connectivity index (χ1n) is 14.5. The molecule has 0 saturated carbocycles. The molecule has 4 aromatic rings. The van der Waals surface area contributed by atoms with E-state index in [1.807, 2.05) is 85.9 Å². The molecule has 0 bridgehead atoms. The second-order valence-corrected chi connectivity index (χ2v) is 11.2. The minimum absolute atomic E-state index is 0.126. The van der Waals surface area contributed by atoms with Crippen molar-refractivity contribution in [3.63, 3.8) is 0 Å². The summed E-state index contributed by atoms with van der Waals surface area (Å²) in [7, 11) is 5.13. The summed E-state index contributed by atoms with van der Waals surface area (Å²) in [5, 5.41) is 8.36. The summed E-state index contributed by atoms with van der Waals surface area (Å²) in [5.41, 5.74) is 3.78. The number of carbonyl (C=O) groups is 2. The number of rotatable bonds is 9. The van der Waals surface area contributed by atoms with Crippen molar-refractivity contribution in [1.29, 1.82) is 0 Å². The molecule has 1 aromatic heterocycles. The van der Waals surface area contributed by atoms with E-state index in [1.54, 1.807) is 23.8 Å². The van der Waals surface area contributed by atoms with Crippen LogP contribution in [0.4, 0.5) is 4.79 Å². The van der Waals surface area contributed by atoms with Crippen molar-refractivity contribution in [2.75, 3.05) is 33.9 Å². The van der Waals surface area contributed by atoms with E-state index in [1.165, 1.54) is 4.90 Å². The minimum atomic E-state index is -0.905. The Hall–Kier alpha value is -4.70. The van der Waals surface area contributed by atoms with E-state index >= 15 is 0 Å². The van der Waals surface area contributed by atoms with Gasteiger partial charge in [0.05, 0.1) is 19.7 Å². The number of carbonyl (C=O) groups excluding carboxylic acids is 2. The second kappa shape index (κ2) is 11.9. The Balaban J connectivity index is 1.24. The van der Waals surface area contributed by atoms with E-state index in [9.17, 15) is 9.59 Å². The van der Waals surface area contributed by atoms with Gasteiger partial charge in [0.2, 0.25) is 0 Å². The summed E-state index contributed by atoms with van der Waals surface area (Å²) in [5.74, 6) is 1.35. The van der Waals surface area contributed by atoms with Crippen molar-refractivity contribution >= 4 is 29.0 Å². The predicted octanol–water partition coefficient (Wildman–Crippen LogP) is 4.50. The van der Waals surface area contributed by atoms with Crippen LogP contribution < -0.4 is 9.47 Å². The molecule has 43 heavy (non-hydrogen) atoms. The lowest BCUT2D eigenvalue weighted by molar-refractivity contribution is -0.135. The highest BCUT2D eigenvalue weighted by Gasteiger charge is 2.57. The Morgan fingerprint density at radius 1 is 0.884 bits per heavy atom. The molecule has 0 atom stereocenters. The number of benzene rings is 3. The third-order valence-corrected chi connectivity index (χ3v) is 8.54. The molecule has 6 rings (SSSR count). The van der Waals surface area contributed by atoms with Crippen molar-refractivity contribution in [3.8, 4) is 11.5 Å². The number of aryl methyl sites for hydroxylation is 1. The maximum absolute atomic E-state index is 14.1. The lowest BCUT2D eigenvalue weighted by Crippen LogP contribution is -2.56. The van der Waals surface area contributed by atoms with E-state index in [0.717, 1.165) is 39.2 Å². The molecule has 2 aliphatic rings. The first-order chi connectivity index (χ1) is 20.9. The van der Waals surface area contributed by atoms with Crippen LogP contribution in [0.25, 0.3) is 17.1 Å². The van der Waals surface area contributed by atoms with Gasteiger partial charge in [0.15, 0.2) is 0 Å². The SMILES string of the molecule is COc1cc(CN2CCC3(CC2)C(=O)N(C/C=C/c2ccccc2)C(=O)N3Cc2ccc3c(c2)nnn3C)cc(OC)c1. The lowest BCUT2D eigenvalue weighted by Gasteiger charge is -2.42. The first-order valence-corrected chi connectivity index (χ1v) is 14.5. The predicted molar refractivity (Wildman–Crippen MR) is 163 cm³/mol. The van der Waals surface area contributed by atoms with Crippen molar-refractivity contribution in [3.05, 3.63) is 89.5 Å². The van der Waals surface area contributed by atoms with Gasteiger partial charge in [-0.3, -0.25) is 14.6 Å². The number of amides is 3. The molecular weight excluding hydrogens is 544 g/mol. The molecule has 0 radical (unpaired) electrons. The fraction of sp³-hybridized carbons (Fsp3) is 0.333. The summed E-state index contributed by atoms with van der Waals surface area (Å²) >= 11 is 0. The summed E-state index contributed by atoms with van der Waals surface area (Å²) in [4.78, 5) is 33.6. The van der Waals surface area contributed by atoms with Gasteiger partial charge in [0.25, 0.3) is 5.91 Å². The van der Waals surface area contributed by atoms with Crippen LogP contribution in [-0.4, -0.2) is 81.0 Å². The summed E-state index contributed by atoms with van der Waals surface area (Å²) in [6.07, 6.45) is 4.93. The van der Waals surface area contributed by atoms with Gasteiger partial charge >= 0.3 is 6.03 Å². The Labute approximate surface area is 251 Å². The average Bonchev–Trinajstić information content (AvgIpc) is 3.49. The second-order valence-electron chi connectivity index (χ2n) is 11.2. The largest absolute Gasteiger partial charge is 0.497 e. The van der Waals surface area contributed by atoms with Gasteiger partial charge in [0.1, 0.15) is 22.6 Å². The number of imide groups is 1. The van der Waals surface area contributed by atoms with Gasteiger partial charge in [-0.1, -0.05) is 53.8 Å². The van der Waals surface area contributed by atoms with Gasteiger partial charge in [-0.2, -0.15) is 0 Å². The summed E-state index contributed by atoms with van der Waals surface area (Å²) in [6, 6.07) is 21.4. The number of methoxy groups -OCH3 is 2. The Kier molecular flexibility index (Phi) is 7.86. The molecular formula is C33H36N6O4. The number of hydrogen-bond donors (Lipinski definition) is 0. The van der Waals surface area contributed by atoms with Crippen molar-refractivity contribution < 1.29 is 19.1 Å². The molecule has 10 heteroatoms. The number of urea groups is 1. The maximum Gasteiger partial charge on any atom is 0.328 e. The van der Waals surface area contributed by atoms with Gasteiger partial charge in [-0.05, 0) is 53.8 Å². The van der Waals surface area contributed by atoms with Crippen LogP contribution in [0.15, 0.2) is 72.8 Å². The molecule has 3 aromatic carbocycles. The van der Waals surface area contributed by atoms with Crippen LogP contribution in [-0.2, 0) is 24.9 Å². The van der Waals surface area contributed by atoms with Crippen LogP contribution in [0, 0.1) is 0 Å². The van der Waals surface area contributed by atoms with Gasteiger partial charge in [0, 0.05) is 45.8 Å². The van der Waals surface area contributed by atoms with Gasteiger partial charge in [-0.15, -0.1) is 5.10 Å². The molecule has 2 aliphatic heterocycles. The highest BCUT2D eigenvalue weighted by atomic mass is 16.5. The third-order valence-electron chi connectivity index (χ3n) is 8.54. The standard InChI is InChI=1S/C33H36N6O4/c1-36-30-12-11-25(20-29(30)34-35-36)23-39-32(41)38(15-7-10-24-8-5-4-6-9-24)31(40)33(39)13-16-37(17-14-33)22-26-18-27(42-2)21-28(19-26)43-3/h4-12,18-21H,13-17,22-23H2,1-3H3/b10-7+. The smallest absolute Gasteiger partial charge is 0.328 e. The fourth-order valence-electron chi connectivity index (χ4n) is 6.17. The zero-order valence-electron chi connectivity index (χ0n) is 24.8. The van der Waals surface area contributed by atoms with Crippen molar-refractivity contribution in [2.24, 2.45) is 7.05 Å². The van der Waals surface area contributed by atoms with E-state index < -0.39 is 5.54 Å². The molecule has 3 amide bonds. The lowest BCUT2D eigenvalue weighted by atomic mass is 9.85. The topological polar surface area (TPSA) is 93.0 Å². The normalized spacial score (nSPS) is 17.1. The van der Waals surface area contributed by atoms with Crippen LogP contribution in [0.3, 0.4) is 0 Å². The quantitative estimate of drug-likeness (QED) is 0.269. The Morgan fingerprint density at radius 2 is 1.60 bits per heavy atom. The maximum atomic E-state index is 14.1. The summed E-state index contributed by atoms with van der Waals surface area (Å²) in [6.45, 7) is 2.58. The third kappa shape index (κ3) is 5.58. The highest BCUT2D eigenvalue weighted by molar-refractivity contribution is 6.07. The number of fused-ring (bicyclic) bond motifs is 1. The molecule has 10 nitrogen and oxygen atoms in total. The highest BCUT2D eigenvalue weighted by Crippen LogP contribution is 2.39. The first kappa shape index (κ1) is 28.4. The van der Waals surface area contributed by atoms with Gasteiger partial charge in [-0.25, -0.2) is 9.48 Å². The van der Waals surface area contributed by atoms with Crippen LogP contribution >= 0.6 is 0 Å². The molecule has 2 fully saturated rings. The van der Waals surface area contributed by atoms with E-state index in [0.29, 0.717) is 39.0 Å². The van der Waals surface area contributed by atoms with E-state index in [-0.39, 0.29) is 18.5 Å². The minimum Gasteiger partial charge on any atom is -0.497 e. The van der Waals surface area contributed by atoms with E-state index in [4.69, 9.17) is 9.47 Å². The van der Waals surface area contributed by atoms with Crippen LogP contribution in [0.5, 0.6) is 11.5 Å². The summed E-state index contributed by atoms with van der Waals surface area (Å²) < 4.78 is 12.6. The monoisotopic (exact) mass is 580 g/mol. The number of nitrogens with zero attached hydrogens (tertiary/aromatic N) is 6. The Morgan fingerprint density at radius 3 is 2.30 bits per heavy atom. The van der Waals surface area contributed by atoms with Crippen LogP contribution in [0.1, 0.15) is 29.5 Å². The van der Waals surface area contributed by atoms with E-state index in [2.05, 4.69) is 15.2 Å².